The van der Waals surface area contributed by atoms with Gasteiger partial charge in [-0.15, -0.1) is 0 Å². The largest absolute Gasteiger partial charge is 0.485 e. The molecule has 0 aromatic heterocycles. The Bertz CT molecular complexity index is 640. The van der Waals surface area contributed by atoms with Crippen LogP contribution >= 0.6 is 15.9 Å². The minimum absolute atomic E-state index is 0.112. The van der Waals surface area contributed by atoms with E-state index in [2.05, 4.69) is 15.9 Å². The number of halogens is 3. The van der Waals surface area contributed by atoms with Crippen LogP contribution in [0, 0.1) is 11.6 Å². The molecular weight excluding hydrogens is 330 g/mol. The second-order valence-corrected chi connectivity index (χ2v) is 5.59. The Hall–Kier alpha value is -1.46. The van der Waals surface area contributed by atoms with E-state index >= 15 is 0 Å². The Kier molecular flexibility index (Phi) is 3.48. The second-order valence-electron chi connectivity index (χ2n) is 4.68. The molecule has 0 amide bonds. The quantitative estimate of drug-likeness (QED) is 0.839. The second kappa shape index (κ2) is 5.14. The summed E-state index contributed by atoms with van der Waals surface area (Å²) >= 11 is 3.31. The van der Waals surface area contributed by atoms with Crippen molar-refractivity contribution in [2.75, 3.05) is 0 Å². The first-order chi connectivity index (χ1) is 9.56. The maximum atomic E-state index is 13.8. The minimum Gasteiger partial charge on any atom is -0.485 e. The monoisotopic (exact) mass is 340 g/mol. The number of ether oxygens (including phenoxy) is 1. The van der Waals surface area contributed by atoms with Gasteiger partial charge in [0, 0.05) is 16.5 Å². The highest BCUT2D eigenvalue weighted by atomic mass is 79.9. The molecule has 3 rings (SSSR count). The number of rotatable bonds is 1. The molecule has 1 aliphatic rings. The SMILES string of the molecule is OC1CC(c2c(F)cccc2F)Oc2ccc(Br)cc21. The third-order valence-electron chi connectivity index (χ3n) is 3.36. The molecule has 1 N–H and O–H groups in total. The van der Waals surface area contributed by atoms with E-state index in [1.807, 2.05) is 0 Å². The lowest BCUT2D eigenvalue weighted by Gasteiger charge is -2.30. The van der Waals surface area contributed by atoms with Gasteiger partial charge in [-0.2, -0.15) is 0 Å². The maximum absolute atomic E-state index is 13.8. The number of aliphatic hydroxyl groups excluding tert-OH is 1. The van der Waals surface area contributed by atoms with Crippen molar-refractivity contribution < 1.29 is 18.6 Å². The molecule has 104 valence electrons. The van der Waals surface area contributed by atoms with Crippen molar-refractivity contribution in [3.8, 4) is 5.75 Å². The number of benzene rings is 2. The topological polar surface area (TPSA) is 29.5 Å². The average molecular weight is 341 g/mol. The predicted octanol–water partition coefficient (Wildman–Crippen LogP) is 4.28. The number of hydrogen-bond donors (Lipinski definition) is 1. The molecule has 2 aromatic carbocycles. The summed E-state index contributed by atoms with van der Waals surface area (Å²) in [7, 11) is 0. The van der Waals surface area contributed by atoms with Crippen LogP contribution < -0.4 is 4.74 Å². The van der Waals surface area contributed by atoms with Gasteiger partial charge in [-0.1, -0.05) is 22.0 Å². The van der Waals surface area contributed by atoms with Crippen LogP contribution in [0.4, 0.5) is 8.78 Å². The van der Waals surface area contributed by atoms with Crippen LogP contribution in [0.1, 0.15) is 29.8 Å². The van der Waals surface area contributed by atoms with Gasteiger partial charge in [-0.05, 0) is 30.3 Å². The lowest BCUT2D eigenvalue weighted by Crippen LogP contribution is -2.21. The van der Waals surface area contributed by atoms with Gasteiger partial charge in [-0.3, -0.25) is 0 Å². The summed E-state index contributed by atoms with van der Waals surface area (Å²) in [4.78, 5) is 0. The van der Waals surface area contributed by atoms with Crippen LogP contribution in [0.2, 0.25) is 0 Å². The highest BCUT2D eigenvalue weighted by molar-refractivity contribution is 9.10. The van der Waals surface area contributed by atoms with Crippen molar-refractivity contribution in [1.82, 2.24) is 0 Å². The number of aliphatic hydroxyl groups is 1. The van der Waals surface area contributed by atoms with E-state index in [-0.39, 0.29) is 12.0 Å². The summed E-state index contributed by atoms with van der Waals surface area (Å²) in [5.41, 5.74) is 0.479. The van der Waals surface area contributed by atoms with Crippen LogP contribution in [-0.4, -0.2) is 5.11 Å². The number of hydrogen-bond acceptors (Lipinski definition) is 2. The highest BCUT2D eigenvalue weighted by Crippen LogP contribution is 2.42. The molecular formula is C15H11BrF2O2. The Morgan fingerprint density at radius 1 is 1.15 bits per heavy atom. The maximum Gasteiger partial charge on any atom is 0.133 e. The fourth-order valence-electron chi connectivity index (χ4n) is 2.41. The van der Waals surface area contributed by atoms with Gasteiger partial charge in [0.05, 0.1) is 11.7 Å². The van der Waals surface area contributed by atoms with E-state index in [9.17, 15) is 13.9 Å². The first-order valence-electron chi connectivity index (χ1n) is 6.14. The van der Waals surface area contributed by atoms with Crippen LogP contribution in [0.3, 0.4) is 0 Å². The smallest absolute Gasteiger partial charge is 0.133 e. The molecule has 0 saturated carbocycles. The lowest BCUT2D eigenvalue weighted by atomic mass is 9.94. The van der Waals surface area contributed by atoms with Crippen molar-refractivity contribution in [3.05, 3.63) is 63.6 Å². The summed E-state index contributed by atoms with van der Waals surface area (Å²) in [6.07, 6.45) is -1.54. The summed E-state index contributed by atoms with van der Waals surface area (Å²) < 4.78 is 34.0. The first kappa shape index (κ1) is 13.5. The molecule has 2 aromatic rings. The fourth-order valence-corrected chi connectivity index (χ4v) is 2.79. The van der Waals surface area contributed by atoms with E-state index < -0.39 is 23.8 Å². The molecule has 20 heavy (non-hydrogen) atoms. The van der Waals surface area contributed by atoms with Gasteiger partial charge in [0.1, 0.15) is 23.5 Å². The molecule has 5 heteroatoms. The zero-order valence-corrected chi connectivity index (χ0v) is 11.9. The predicted molar refractivity (Wildman–Crippen MR) is 73.4 cm³/mol. The van der Waals surface area contributed by atoms with E-state index in [1.54, 1.807) is 18.2 Å². The van der Waals surface area contributed by atoms with Gasteiger partial charge in [-0.25, -0.2) is 8.78 Å². The summed E-state index contributed by atoms with van der Waals surface area (Å²) in [5.74, 6) is -0.884. The molecule has 0 saturated heterocycles. The van der Waals surface area contributed by atoms with Gasteiger partial charge in [0.2, 0.25) is 0 Å². The normalized spacial score (nSPS) is 21.2. The Morgan fingerprint density at radius 3 is 2.55 bits per heavy atom. The van der Waals surface area contributed by atoms with E-state index in [4.69, 9.17) is 4.74 Å². The molecule has 0 spiro atoms. The summed E-state index contributed by atoms with van der Waals surface area (Å²) in [6, 6.07) is 8.85. The van der Waals surface area contributed by atoms with Gasteiger partial charge >= 0.3 is 0 Å². The molecule has 2 atom stereocenters. The highest BCUT2D eigenvalue weighted by Gasteiger charge is 2.31. The Balaban J connectivity index is 2.01. The van der Waals surface area contributed by atoms with Crippen molar-refractivity contribution in [2.24, 2.45) is 0 Å². The van der Waals surface area contributed by atoms with Crippen LogP contribution in [0.15, 0.2) is 40.9 Å². The van der Waals surface area contributed by atoms with Crippen molar-refractivity contribution in [3.63, 3.8) is 0 Å². The van der Waals surface area contributed by atoms with Crippen LogP contribution in [-0.2, 0) is 0 Å². The molecule has 0 aliphatic carbocycles. The minimum atomic E-state index is -0.833. The van der Waals surface area contributed by atoms with Gasteiger partial charge in [0.25, 0.3) is 0 Å². The van der Waals surface area contributed by atoms with E-state index in [0.29, 0.717) is 11.3 Å². The van der Waals surface area contributed by atoms with Crippen LogP contribution in [0.5, 0.6) is 5.75 Å². The first-order valence-corrected chi connectivity index (χ1v) is 6.93. The van der Waals surface area contributed by atoms with E-state index in [1.165, 1.54) is 18.2 Å². The van der Waals surface area contributed by atoms with E-state index in [0.717, 1.165) is 4.47 Å². The Labute approximate surface area is 123 Å². The molecule has 2 nitrogen and oxygen atoms in total. The van der Waals surface area contributed by atoms with Crippen LogP contribution in [0.25, 0.3) is 0 Å². The fraction of sp³-hybridized carbons (Fsp3) is 0.200. The van der Waals surface area contributed by atoms with Crippen molar-refractivity contribution >= 4 is 15.9 Å². The lowest BCUT2D eigenvalue weighted by molar-refractivity contribution is 0.0621. The summed E-state index contributed by atoms with van der Waals surface area (Å²) in [6.45, 7) is 0. The molecule has 0 fully saturated rings. The molecule has 0 bridgehead atoms. The van der Waals surface area contributed by atoms with Gasteiger partial charge < -0.3 is 9.84 Å². The molecule has 2 unspecified atom stereocenters. The Morgan fingerprint density at radius 2 is 1.85 bits per heavy atom. The number of fused-ring (bicyclic) bond motifs is 1. The third kappa shape index (κ3) is 2.31. The van der Waals surface area contributed by atoms with Crippen molar-refractivity contribution in [1.29, 1.82) is 0 Å². The standard InChI is InChI=1S/C15H11BrF2O2/c16-8-4-5-13-9(6-8)12(19)7-14(20-13)15-10(17)2-1-3-11(15)18/h1-6,12,14,19H,7H2. The third-order valence-corrected chi connectivity index (χ3v) is 3.85. The zero-order chi connectivity index (χ0) is 14.3. The molecule has 0 radical (unpaired) electrons. The molecule has 1 heterocycles. The summed E-state index contributed by atoms with van der Waals surface area (Å²) in [5, 5.41) is 10.2. The zero-order valence-electron chi connectivity index (χ0n) is 10.3. The van der Waals surface area contributed by atoms with Crippen molar-refractivity contribution in [2.45, 2.75) is 18.6 Å². The average Bonchev–Trinajstić information content (AvgIpc) is 2.39. The van der Waals surface area contributed by atoms with Gasteiger partial charge in [0.15, 0.2) is 0 Å². The molecule has 1 aliphatic heterocycles.